The van der Waals surface area contributed by atoms with Gasteiger partial charge >= 0.3 is 0 Å². The summed E-state index contributed by atoms with van der Waals surface area (Å²) < 4.78 is 7.59. The van der Waals surface area contributed by atoms with E-state index in [0.29, 0.717) is 42.5 Å². The zero-order valence-corrected chi connectivity index (χ0v) is 19.6. The third-order valence-electron chi connectivity index (χ3n) is 5.70. The molecule has 3 aromatic rings. The summed E-state index contributed by atoms with van der Waals surface area (Å²) in [5.74, 6) is -0.840. The lowest BCUT2D eigenvalue weighted by Crippen LogP contribution is -2.31. The van der Waals surface area contributed by atoms with Crippen LogP contribution < -0.4 is 4.74 Å². The highest BCUT2D eigenvalue weighted by Gasteiger charge is 2.45. The molecule has 1 aromatic heterocycles. The molecule has 2 aromatic carbocycles. The van der Waals surface area contributed by atoms with Gasteiger partial charge in [-0.3, -0.25) is 9.59 Å². The van der Waals surface area contributed by atoms with E-state index in [1.54, 1.807) is 36.8 Å². The molecule has 2 heterocycles. The maximum atomic E-state index is 13.1. The number of carbonyl (C=O) groups is 2. The number of amides is 1. The predicted molar refractivity (Wildman–Crippen MR) is 130 cm³/mol. The van der Waals surface area contributed by atoms with Crippen LogP contribution in [-0.4, -0.2) is 44.4 Å². The Balaban J connectivity index is 1.69. The van der Waals surface area contributed by atoms with Crippen LogP contribution in [0.15, 0.2) is 72.8 Å². The standard InChI is InChI=1S/C26H26ClN3O4/c1-2-16-34-21-10-6-18(7-11-21)23-22(24(31)19-4-8-20(27)9-5-19)25(32)26(33)30(23)14-3-13-29-15-12-28-17-29/h4-12,15,17,23,31H,2-3,13-14,16H2,1H3/b24-22+/t23-/m1/s1. The molecular weight excluding hydrogens is 454 g/mol. The highest BCUT2D eigenvalue weighted by atomic mass is 35.5. The summed E-state index contributed by atoms with van der Waals surface area (Å²) in [6, 6.07) is 13.1. The Bertz CT molecular complexity index is 1170. The first-order chi connectivity index (χ1) is 16.5. The monoisotopic (exact) mass is 479 g/mol. The highest BCUT2D eigenvalue weighted by Crippen LogP contribution is 2.40. The largest absolute Gasteiger partial charge is 0.507 e. The van der Waals surface area contributed by atoms with Crippen molar-refractivity contribution >= 4 is 29.1 Å². The molecule has 0 radical (unpaired) electrons. The number of hydrogen-bond acceptors (Lipinski definition) is 5. The smallest absolute Gasteiger partial charge is 0.295 e. The first-order valence-electron chi connectivity index (χ1n) is 11.2. The second-order valence-corrected chi connectivity index (χ2v) is 8.51. The van der Waals surface area contributed by atoms with E-state index in [0.717, 1.165) is 12.0 Å². The maximum Gasteiger partial charge on any atom is 0.295 e. The Hall–Kier alpha value is -3.58. The zero-order valence-electron chi connectivity index (χ0n) is 18.9. The summed E-state index contributed by atoms with van der Waals surface area (Å²) in [6.45, 7) is 3.63. The number of imidazole rings is 1. The zero-order chi connectivity index (χ0) is 24.1. The van der Waals surface area contributed by atoms with Crippen LogP contribution in [0.5, 0.6) is 5.75 Å². The molecule has 1 N–H and O–H groups in total. The molecule has 1 aliphatic heterocycles. The number of aliphatic hydroxyl groups is 1. The Morgan fingerprint density at radius 2 is 1.82 bits per heavy atom. The molecule has 1 saturated heterocycles. The van der Waals surface area contributed by atoms with E-state index < -0.39 is 17.7 Å². The molecule has 1 fully saturated rings. The molecule has 8 heteroatoms. The second-order valence-electron chi connectivity index (χ2n) is 8.07. The number of nitrogens with zero attached hydrogens (tertiary/aromatic N) is 3. The minimum atomic E-state index is -0.710. The lowest BCUT2D eigenvalue weighted by molar-refractivity contribution is -0.139. The van der Waals surface area contributed by atoms with Gasteiger partial charge in [0.15, 0.2) is 0 Å². The normalized spacial score (nSPS) is 17.4. The number of halogens is 1. The Morgan fingerprint density at radius 3 is 2.47 bits per heavy atom. The SMILES string of the molecule is CCCOc1ccc([C@@H]2/C(=C(\O)c3ccc(Cl)cc3)C(=O)C(=O)N2CCCn2ccnc2)cc1. The number of rotatable bonds is 9. The Labute approximate surface area is 203 Å². The van der Waals surface area contributed by atoms with Crippen molar-refractivity contribution < 1.29 is 19.4 Å². The van der Waals surface area contributed by atoms with Crippen LogP contribution >= 0.6 is 11.6 Å². The summed E-state index contributed by atoms with van der Waals surface area (Å²) in [4.78, 5) is 31.7. The van der Waals surface area contributed by atoms with Crippen LogP contribution in [0.2, 0.25) is 5.02 Å². The van der Waals surface area contributed by atoms with E-state index in [4.69, 9.17) is 16.3 Å². The van der Waals surface area contributed by atoms with Gasteiger partial charge in [-0.2, -0.15) is 0 Å². The third kappa shape index (κ3) is 4.99. The second kappa shape index (κ2) is 10.6. The summed E-state index contributed by atoms with van der Waals surface area (Å²) in [5, 5.41) is 11.6. The lowest BCUT2D eigenvalue weighted by atomic mass is 9.95. The number of Topliss-reactive ketones (excluding diaryl/α,β-unsaturated/α-hetero) is 1. The number of carbonyl (C=O) groups excluding carboxylic acids is 2. The Kier molecular flexibility index (Phi) is 7.33. The molecule has 1 amide bonds. The van der Waals surface area contributed by atoms with Gasteiger partial charge in [-0.1, -0.05) is 30.7 Å². The number of ketones is 1. The topological polar surface area (TPSA) is 84.7 Å². The van der Waals surface area contributed by atoms with Crippen molar-refractivity contribution in [3.8, 4) is 5.75 Å². The summed E-state index contributed by atoms with van der Waals surface area (Å²) in [5.41, 5.74) is 1.21. The molecule has 4 rings (SSSR count). The molecule has 0 unspecified atom stereocenters. The van der Waals surface area contributed by atoms with Crippen molar-refractivity contribution in [1.82, 2.24) is 14.5 Å². The van der Waals surface area contributed by atoms with Crippen LogP contribution in [-0.2, 0) is 16.1 Å². The molecule has 1 atom stereocenters. The van der Waals surface area contributed by atoms with Crippen molar-refractivity contribution in [3.05, 3.63) is 89.0 Å². The number of aliphatic hydroxyl groups excluding tert-OH is 1. The fraction of sp³-hybridized carbons (Fsp3) is 0.269. The van der Waals surface area contributed by atoms with Crippen molar-refractivity contribution in [3.63, 3.8) is 0 Å². The minimum absolute atomic E-state index is 0.0668. The van der Waals surface area contributed by atoms with E-state index in [2.05, 4.69) is 4.98 Å². The van der Waals surface area contributed by atoms with Gasteiger partial charge in [0.1, 0.15) is 11.5 Å². The van der Waals surface area contributed by atoms with Crippen molar-refractivity contribution in [2.45, 2.75) is 32.4 Å². The van der Waals surface area contributed by atoms with Gasteiger partial charge in [-0.05, 0) is 54.8 Å². The van der Waals surface area contributed by atoms with Crippen LogP contribution in [0.25, 0.3) is 5.76 Å². The summed E-state index contributed by atoms with van der Waals surface area (Å²) >= 11 is 5.98. The molecule has 176 valence electrons. The quantitative estimate of drug-likeness (QED) is 0.270. The number of ether oxygens (including phenoxy) is 1. The number of aromatic nitrogens is 2. The summed E-state index contributed by atoms with van der Waals surface area (Å²) in [7, 11) is 0. The molecule has 7 nitrogen and oxygen atoms in total. The van der Waals surface area contributed by atoms with Crippen LogP contribution in [0.3, 0.4) is 0 Å². The van der Waals surface area contributed by atoms with E-state index in [-0.39, 0.29) is 11.3 Å². The van der Waals surface area contributed by atoms with Crippen LogP contribution in [0.1, 0.15) is 36.9 Å². The van der Waals surface area contributed by atoms with Crippen molar-refractivity contribution in [1.29, 1.82) is 0 Å². The number of benzene rings is 2. The molecule has 1 aliphatic rings. The van der Waals surface area contributed by atoms with Crippen LogP contribution in [0.4, 0.5) is 0 Å². The number of aryl methyl sites for hydroxylation is 1. The molecule has 0 bridgehead atoms. The molecule has 0 saturated carbocycles. The Morgan fingerprint density at radius 1 is 1.09 bits per heavy atom. The first-order valence-corrected chi connectivity index (χ1v) is 11.6. The van der Waals surface area contributed by atoms with E-state index >= 15 is 0 Å². The molecule has 0 aliphatic carbocycles. The van der Waals surface area contributed by atoms with E-state index in [1.165, 1.54) is 4.90 Å². The minimum Gasteiger partial charge on any atom is -0.507 e. The van der Waals surface area contributed by atoms with Crippen LogP contribution in [0, 0.1) is 0 Å². The number of hydrogen-bond donors (Lipinski definition) is 1. The van der Waals surface area contributed by atoms with E-state index in [9.17, 15) is 14.7 Å². The lowest BCUT2D eigenvalue weighted by Gasteiger charge is -2.25. The fourth-order valence-corrected chi connectivity index (χ4v) is 4.16. The van der Waals surface area contributed by atoms with Gasteiger partial charge in [0.25, 0.3) is 11.7 Å². The average molecular weight is 480 g/mol. The van der Waals surface area contributed by atoms with Gasteiger partial charge in [0, 0.05) is 36.1 Å². The van der Waals surface area contributed by atoms with Crippen molar-refractivity contribution in [2.75, 3.05) is 13.2 Å². The molecular formula is C26H26ClN3O4. The van der Waals surface area contributed by atoms with Gasteiger partial charge in [0.05, 0.1) is 24.5 Å². The fourth-order valence-electron chi connectivity index (χ4n) is 4.03. The highest BCUT2D eigenvalue weighted by molar-refractivity contribution is 6.46. The first kappa shape index (κ1) is 23.6. The third-order valence-corrected chi connectivity index (χ3v) is 5.95. The maximum absolute atomic E-state index is 13.1. The van der Waals surface area contributed by atoms with Gasteiger partial charge in [0.2, 0.25) is 0 Å². The van der Waals surface area contributed by atoms with E-state index in [1.807, 2.05) is 42.0 Å². The predicted octanol–water partition coefficient (Wildman–Crippen LogP) is 4.84. The molecule has 0 spiro atoms. The van der Waals surface area contributed by atoms with Gasteiger partial charge < -0.3 is 19.3 Å². The van der Waals surface area contributed by atoms with Crippen molar-refractivity contribution in [2.24, 2.45) is 0 Å². The average Bonchev–Trinajstić information content (AvgIpc) is 3.45. The van der Waals surface area contributed by atoms with Gasteiger partial charge in [-0.15, -0.1) is 0 Å². The summed E-state index contributed by atoms with van der Waals surface area (Å²) in [6.07, 6.45) is 6.77. The number of likely N-dealkylation sites (tertiary alicyclic amines) is 1. The van der Waals surface area contributed by atoms with Gasteiger partial charge in [-0.25, -0.2) is 4.98 Å². The molecule has 34 heavy (non-hydrogen) atoms.